The maximum atomic E-state index is 12.3. The van der Waals surface area contributed by atoms with E-state index in [0.29, 0.717) is 13.2 Å². The molecule has 2 N–H and O–H groups in total. The second-order valence-corrected chi connectivity index (χ2v) is 6.49. The molecule has 0 aliphatic rings. The Labute approximate surface area is 126 Å². The van der Waals surface area contributed by atoms with Gasteiger partial charge in [-0.2, -0.15) is 0 Å². The third kappa shape index (κ3) is 5.40. The van der Waals surface area contributed by atoms with Crippen LogP contribution in [0.5, 0.6) is 0 Å². The highest BCUT2D eigenvalue weighted by molar-refractivity contribution is 7.89. The fourth-order valence-electron chi connectivity index (χ4n) is 1.84. The van der Waals surface area contributed by atoms with Crippen LogP contribution in [0.2, 0.25) is 0 Å². The minimum Gasteiger partial charge on any atom is -0.382 e. The first-order valence-corrected chi connectivity index (χ1v) is 8.30. The van der Waals surface area contributed by atoms with Crippen molar-refractivity contribution in [2.24, 2.45) is 7.05 Å². The molecule has 0 saturated heterocycles. The molecule has 1 rings (SSSR count). The standard InChI is InChI=1S/C13H25N3O4S/c1-5-14-7-11-6-13(9-16(11)2)21(17,18)15-8-12(20-4)10-19-3/h6,9,12,14-15H,5,7-8,10H2,1-4H3. The van der Waals surface area contributed by atoms with Gasteiger partial charge in [0, 0.05) is 46.2 Å². The molecule has 0 aliphatic carbocycles. The van der Waals surface area contributed by atoms with Crippen LogP contribution < -0.4 is 10.0 Å². The zero-order valence-corrected chi connectivity index (χ0v) is 13.9. The molecule has 0 bridgehead atoms. The molecule has 1 unspecified atom stereocenters. The summed E-state index contributed by atoms with van der Waals surface area (Å²) in [5.41, 5.74) is 0.914. The summed E-state index contributed by atoms with van der Waals surface area (Å²) in [7, 11) is 1.35. The van der Waals surface area contributed by atoms with Gasteiger partial charge in [0.05, 0.1) is 17.6 Å². The molecule has 1 heterocycles. The smallest absolute Gasteiger partial charge is 0.242 e. The van der Waals surface area contributed by atoms with Crippen LogP contribution in [0.4, 0.5) is 0 Å². The van der Waals surface area contributed by atoms with E-state index in [0.717, 1.165) is 12.2 Å². The maximum absolute atomic E-state index is 12.3. The van der Waals surface area contributed by atoms with Gasteiger partial charge in [-0.25, -0.2) is 13.1 Å². The van der Waals surface area contributed by atoms with Crippen LogP contribution in [-0.2, 0) is 33.1 Å². The van der Waals surface area contributed by atoms with Gasteiger partial charge in [-0.05, 0) is 12.6 Å². The van der Waals surface area contributed by atoms with E-state index in [1.165, 1.54) is 7.11 Å². The van der Waals surface area contributed by atoms with Gasteiger partial charge in [0.1, 0.15) is 0 Å². The van der Waals surface area contributed by atoms with Crippen molar-refractivity contribution in [1.29, 1.82) is 0 Å². The SMILES string of the molecule is CCNCc1cc(S(=O)(=O)NCC(COC)OC)cn1C. The Kier molecular flexibility index (Phi) is 7.33. The van der Waals surface area contributed by atoms with E-state index >= 15 is 0 Å². The summed E-state index contributed by atoms with van der Waals surface area (Å²) >= 11 is 0. The number of hydrogen-bond acceptors (Lipinski definition) is 5. The summed E-state index contributed by atoms with van der Waals surface area (Å²) in [5, 5.41) is 3.17. The Morgan fingerprint density at radius 2 is 2.10 bits per heavy atom. The van der Waals surface area contributed by atoms with E-state index < -0.39 is 10.0 Å². The average molecular weight is 319 g/mol. The average Bonchev–Trinajstić information content (AvgIpc) is 2.83. The van der Waals surface area contributed by atoms with Crippen LogP contribution in [0.15, 0.2) is 17.2 Å². The van der Waals surface area contributed by atoms with Crippen LogP contribution in [0.25, 0.3) is 0 Å². The summed E-state index contributed by atoms with van der Waals surface area (Å²) in [5.74, 6) is 0. The summed E-state index contributed by atoms with van der Waals surface area (Å²) in [6, 6.07) is 1.67. The van der Waals surface area contributed by atoms with Gasteiger partial charge in [0.15, 0.2) is 0 Å². The first-order valence-electron chi connectivity index (χ1n) is 6.82. The van der Waals surface area contributed by atoms with E-state index in [2.05, 4.69) is 10.0 Å². The normalized spacial score (nSPS) is 13.5. The molecule has 1 atom stereocenters. The van der Waals surface area contributed by atoms with Crippen LogP contribution in [0.1, 0.15) is 12.6 Å². The molecule has 0 aromatic carbocycles. The summed E-state index contributed by atoms with van der Waals surface area (Å²) < 4.78 is 39.0. The molecule has 0 fully saturated rings. The molecule has 0 aliphatic heterocycles. The monoisotopic (exact) mass is 319 g/mol. The first-order chi connectivity index (χ1) is 9.94. The largest absolute Gasteiger partial charge is 0.382 e. The number of aromatic nitrogens is 1. The third-order valence-corrected chi connectivity index (χ3v) is 4.53. The molecule has 0 spiro atoms. The Morgan fingerprint density at radius 3 is 2.67 bits per heavy atom. The van der Waals surface area contributed by atoms with Crippen LogP contribution in [0.3, 0.4) is 0 Å². The van der Waals surface area contributed by atoms with Crippen molar-refractivity contribution in [3.8, 4) is 0 Å². The second kappa shape index (κ2) is 8.50. The van der Waals surface area contributed by atoms with Gasteiger partial charge in [0.25, 0.3) is 0 Å². The Hall–Kier alpha value is -0.930. The van der Waals surface area contributed by atoms with Gasteiger partial charge >= 0.3 is 0 Å². The lowest BCUT2D eigenvalue weighted by Crippen LogP contribution is -2.35. The van der Waals surface area contributed by atoms with Crippen molar-refractivity contribution in [2.75, 3.05) is 33.9 Å². The van der Waals surface area contributed by atoms with E-state index in [9.17, 15) is 8.42 Å². The van der Waals surface area contributed by atoms with Gasteiger partial charge in [0.2, 0.25) is 10.0 Å². The van der Waals surface area contributed by atoms with Crippen molar-refractivity contribution < 1.29 is 17.9 Å². The number of aryl methyl sites for hydroxylation is 1. The number of methoxy groups -OCH3 is 2. The van der Waals surface area contributed by atoms with E-state index in [-0.39, 0.29) is 17.5 Å². The van der Waals surface area contributed by atoms with Crippen LogP contribution in [0, 0.1) is 0 Å². The number of nitrogens with one attached hydrogen (secondary N) is 2. The van der Waals surface area contributed by atoms with Crippen molar-refractivity contribution in [3.63, 3.8) is 0 Å². The summed E-state index contributed by atoms with van der Waals surface area (Å²) in [6.07, 6.45) is 1.29. The fraction of sp³-hybridized carbons (Fsp3) is 0.692. The molecule has 1 aromatic rings. The molecular weight excluding hydrogens is 294 g/mol. The molecule has 0 radical (unpaired) electrons. The zero-order chi connectivity index (χ0) is 15.9. The summed E-state index contributed by atoms with van der Waals surface area (Å²) in [4.78, 5) is 0.255. The predicted molar refractivity (Wildman–Crippen MR) is 80.7 cm³/mol. The highest BCUT2D eigenvalue weighted by Crippen LogP contribution is 2.13. The number of sulfonamides is 1. The minimum atomic E-state index is -3.54. The lowest BCUT2D eigenvalue weighted by molar-refractivity contribution is 0.0320. The molecular formula is C13H25N3O4S. The zero-order valence-electron chi connectivity index (χ0n) is 13.0. The molecule has 1 aromatic heterocycles. The highest BCUT2D eigenvalue weighted by atomic mass is 32.2. The molecule has 0 amide bonds. The lowest BCUT2D eigenvalue weighted by Gasteiger charge is -2.14. The Morgan fingerprint density at radius 1 is 1.38 bits per heavy atom. The molecule has 122 valence electrons. The summed E-state index contributed by atoms with van der Waals surface area (Å²) in [6.45, 7) is 3.97. The van der Waals surface area contributed by atoms with Crippen molar-refractivity contribution in [2.45, 2.75) is 24.5 Å². The van der Waals surface area contributed by atoms with Gasteiger partial charge in [-0.15, -0.1) is 0 Å². The lowest BCUT2D eigenvalue weighted by atomic mass is 10.4. The van der Waals surface area contributed by atoms with Crippen molar-refractivity contribution in [1.82, 2.24) is 14.6 Å². The number of ether oxygens (including phenoxy) is 2. The first kappa shape index (κ1) is 18.1. The van der Waals surface area contributed by atoms with E-state index in [1.807, 2.05) is 14.0 Å². The molecule has 0 saturated carbocycles. The second-order valence-electron chi connectivity index (χ2n) is 4.72. The van der Waals surface area contributed by atoms with Crippen molar-refractivity contribution in [3.05, 3.63) is 18.0 Å². The maximum Gasteiger partial charge on any atom is 0.242 e. The molecule has 7 nitrogen and oxygen atoms in total. The highest BCUT2D eigenvalue weighted by Gasteiger charge is 2.19. The van der Waals surface area contributed by atoms with E-state index in [1.54, 1.807) is 23.9 Å². The van der Waals surface area contributed by atoms with Gasteiger partial charge in [-0.1, -0.05) is 6.92 Å². The Bertz CT molecular complexity index is 528. The van der Waals surface area contributed by atoms with Gasteiger partial charge in [-0.3, -0.25) is 0 Å². The molecule has 8 heteroatoms. The third-order valence-electron chi connectivity index (χ3n) is 3.14. The minimum absolute atomic E-state index is 0.171. The Balaban J connectivity index is 2.74. The van der Waals surface area contributed by atoms with Crippen LogP contribution >= 0.6 is 0 Å². The van der Waals surface area contributed by atoms with Crippen molar-refractivity contribution >= 4 is 10.0 Å². The predicted octanol–water partition coefficient (Wildman–Crippen LogP) is 0.0743. The van der Waals surface area contributed by atoms with E-state index in [4.69, 9.17) is 9.47 Å². The fourth-order valence-corrected chi connectivity index (χ4v) is 3.00. The number of hydrogen-bond donors (Lipinski definition) is 2. The van der Waals surface area contributed by atoms with Crippen LogP contribution in [-0.4, -0.2) is 53.0 Å². The number of nitrogens with zero attached hydrogens (tertiary/aromatic N) is 1. The topological polar surface area (TPSA) is 81.6 Å². The molecule has 21 heavy (non-hydrogen) atoms. The number of rotatable bonds is 10. The quantitative estimate of drug-likeness (QED) is 0.638. The van der Waals surface area contributed by atoms with Gasteiger partial charge < -0.3 is 19.4 Å².